The Balaban J connectivity index is 1.55. The van der Waals surface area contributed by atoms with Crippen molar-refractivity contribution in [3.63, 3.8) is 0 Å². The van der Waals surface area contributed by atoms with E-state index in [1.165, 1.54) is 47.6 Å². The van der Waals surface area contributed by atoms with Crippen molar-refractivity contribution >= 4 is 23.3 Å². The van der Waals surface area contributed by atoms with E-state index >= 15 is 0 Å². The Morgan fingerprint density at radius 1 is 0.857 bits per heavy atom. The van der Waals surface area contributed by atoms with Gasteiger partial charge in [-0.1, -0.05) is 6.07 Å². The molecule has 0 amide bonds. The fourth-order valence-electron chi connectivity index (χ4n) is 3.12. The molecule has 0 saturated heterocycles. The van der Waals surface area contributed by atoms with Crippen molar-refractivity contribution in [1.82, 2.24) is 19.5 Å². The van der Waals surface area contributed by atoms with E-state index in [2.05, 4.69) is 30.3 Å². The van der Waals surface area contributed by atoms with Crippen LogP contribution in [0.15, 0.2) is 67.3 Å². The number of anilines is 4. The highest BCUT2D eigenvalue weighted by atomic mass is 19.4. The summed E-state index contributed by atoms with van der Waals surface area (Å²) in [6, 6.07) is 9.85. The molecular weight excluding hydrogens is 478 g/mol. The van der Waals surface area contributed by atoms with E-state index in [0.29, 0.717) is 22.9 Å². The molecule has 4 rings (SSSR count). The van der Waals surface area contributed by atoms with E-state index in [4.69, 9.17) is 0 Å². The smallest absolute Gasteiger partial charge is 0.406 e. The second kappa shape index (κ2) is 9.16. The van der Waals surface area contributed by atoms with Gasteiger partial charge < -0.3 is 15.4 Å². The predicted molar refractivity (Wildman–Crippen MR) is 115 cm³/mol. The zero-order valence-electron chi connectivity index (χ0n) is 17.8. The van der Waals surface area contributed by atoms with Crippen LogP contribution in [0.4, 0.5) is 49.6 Å². The monoisotopic (exact) mass is 494 g/mol. The van der Waals surface area contributed by atoms with Gasteiger partial charge in [-0.05, 0) is 49.4 Å². The van der Waals surface area contributed by atoms with Gasteiger partial charge in [0.2, 0.25) is 5.95 Å². The zero-order valence-corrected chi connectivity index (χ0v) is 17.8. The molecule has 35 heavy (non-hydrogen) atoms. The number of nitrogens with zero attached hydrogens (tertiary/aromatic N) is 4. The van der Waals surface area contributed by atoms with Crippen LogP contribution in [-0.2, 0) is 6.18 Å². The fourth-order valence-corrected chi connectivity index (χ4v) is 3.12. The maximum absolute atomic E-state index is 13.1. The minimum atomic E-state index is -4.79. The normalized spacial score (nSPS) is 11.9. The summed E-state index contributed by atoms with van der Waals surface area (Å²) in [5.41, 5.74) is 0.413. The Bertz CT molecular complexity index is 1320. The van der Waals surface area contributed by atoms with Crippen molar-refractivity contribution in [1.29, 1.82) is 0 Å². The molecule has 0 fully saturated rings. The van der Waals surface area contributed by atoms with Gasteiger partial charge in [-0.25, -0.2) is 15.0 Å². The lowest BCUT2D eigenvalue weighted by Gasteiger charge is -2.15. The molecule has 2 N–H and O–H groups in total. The van der Waals surface area contributed by atoms with Crippen LogP contribution in [0, 0.1) is 6.92 Å². The van der Waals surface area contributed by atoms with Crippen LogP contribution in [0.3, 0.4) is 0 Å². The Labute approximate surface area is 194 Å². The molecule has 2 aromatic carbocycles. The Morgan fingerprint density at radius 3 is 2.20 bits per heavy atom. The van der Waals surface area contributed by atoms with Crippen molar-refractivity contribution < 1.29 is 31.1 Å². The molecule has 0 radical (unpaired) electrons. The summed E-state index contributed by atoms with van der Waals surface area (Å²) in [6.07, 6.45) is -5.12. The van der Waals surface area contributed by atoms with Gasteiger partial charge in [0.05, 0.1) is 5.56 Å². The molecule has 13 heteroatoms. The van der Waals surface area contributed by atoms with Crippen molar-refractivity contribution in [2.75, 3.05) is 10.6 Å². The van der Waals surface area contributed by atoms with Crippen LogP contribution in [0.2, 0.25) is 0 Å². The molecule has 0 atom stereocenters. The number of hydrogen-bond donors (Lipinski definition) is 2. The first-order chi connectivity index (χ1) is 16.5. The standard InChI is InChI=1S/C22H16F6N6O/c1-13-18(32-15-5-7-17(8-6-15)35-22(26,27)28)30-12-31-19(13)33-20-29-9-10-34(20)16-4-2-3-14(11-16)21(23,24)25/h2-12H,1H3,(H2,29,30,31,32,33). The predicted octanol–water partition coefficient (Wildman–Crippen LogP) is 6.38. The highest BCUT2D eigenvalue weighted by molar-refractivity contribution is 5.67. The molecule has 0 aliphatic rings. The van der Waals surface area contributed by atoms with Gasteiger partial charge >= 0.3 is 12.5 Å². The second-order valence-electron chi connectivity index (χ2n) is 7.19. The molecule has 2 heterocycles. The minimum Gasteiger partial charge on any atom is -0.406 e. The van der Waals surface area contributed by atoms with Crippen LogP contribution in [0.25, 0.3) is 5.69 Å². The number of ether oxygens (including phenoxy) is 1. The summed E-state index contributed by atoms with van der Waals surface area (Å²) in [5, 5.41) is 5.95. The van der Waals surface area contributed by atoms with E-state index in [1.54, 1.807) is 6.92 Å². The number of nitrogens with one attached hydrogen (secondary N) is 2. The number of aromatic nitrogens is 4. The number of hydrogen-bond acceptors (Lipinski definition) is 6. The van der Waals surface area contributed by atoms with Crippen molar-refractivity contribution in [2.24, 2.45) is 0 Å². The Kier molecular flexibility index (Phi) is 6.24. The van der Waals surface area contributed by atoms with E-state index in [-0.39, 0.29) is 17.4 Å². The van der Waals surface area contributed by atoms with E-state index < -0.39 is 18.1 Å². The number of halogens is 6. The quantitative estimate of drug-likeness (QED) is 0.303. The SMILES string of the molecule is Cc1c(Nc2ccc(OC(F)(F)F)cc2)ncnc1Nc1nccn1-c1cccc(C(F)(F)F)c1. The van der Waals surface area contributed by atoms with Gasteiger partial charge in [0, 0.05) is 29.3 Å². The van der Waals surface area contributed by atoms with E-state index in [0.717, 1.165) is 24.3 Å². The summed E-state index contributed by atoms with van der Waals surface area (Å²) in [5.74, 6) is 0.514. The molecule has 2 aromatic heterocycles. The molecular formula is C22H16F6N6O. The number of rotatable bonds is 6. The molecule has 4 aromatic rings. The van der Waals surface area contributed by atoms with Crippen molar-refractivity contribution in [3.05, 3.63) is 78.4 Å². The summed E-state index contributed by atoms with van der Waals surface area (Å²) in [4.78, 5) is 12.5. The number of alkyl halides is 6. The average molecular weight is 494 g/mol. The molecule has 7 nitrogen and oxygen atoms in total. The van der Waals surface area contributed by atoms with Gasteiger partial charge in [0.25, 0.3) is 0 Å². The van der Waals surface area contributed by atoms with Crippen LogP contribution in [-0.4, -0.2) is 25.9 Å². The van der Waals surface area contributed by atoms with Crippen LogP contribution < -0.4 is 15.4 Å². The third kappa shape index (κ3) is 5.80. The first-order valence-electron chi connectivity index (χ1n) is 9.92. The van der Waals surface area contributed by atoms with Crippen molar-refractivity contribution in [2.45, 2.75) is 19.5 Å². The Morgan fingerprint density at radius 2 is 1.54 bits per heavy atom. The number of imidazole rings is 1. The molecule has 0 aliphatic carbocycles. The minimum absolute atomic E-state index is 0.214. The van der Waals surface area contributed by atoms with Gasteiger partial charge in [0.15, 0.2) is 0 Å². The fraction of sp³-hybridized carbons (Fsp3) is 0.136. The van der Waals surface area contributed by atoms with Crippen LogP contribution in [0.1, 0.15) is 11.1 Å². The molecule has 0 unspecified atom stereocenters. The molecule has 182 valence electrons. The van der Waals surface area contributed by atoms with Gasteiger partial charge in [-0.15, -0.1) is 13.2 Å². The summed E-state index contributed by atoms with van der Waals surface area (Å²) in [7, 11) is 0. The number of benzene rings is 2. The van der Waals surface area contributed by atoms with Crippen LogP contribution >= 0.6 is 0 Å². The first-order valence-corrected chi connectivity index (χ1v) is 9.92. The maximum Gasteiger partial charge on any atom is 0.573 e. The second-order valence-corrected chi connectivity index (χ2v) is 7.19. The average Bonchev–Trinajstić information content (AvgIpc) is 3.24. The van der Waals surface area contributed by atoms with E-state index in [1.807, 2.05) is 0 Å². The molecule has 0 bridgehead atoms. The molecule has 0 spiro atoms. The summed E-state index contributed by atoms with van der Waals surface area (Å²) in [6.45, 7) is 1.68. The molecule has 0 aliphatic heterocycles. The lowest BCUT2D eigenvalue weighted by atomic mass is 10.2. The first kappa shape index (κ1) is 23.9. The maximum atomic E-state index is 13.1. The molecule has 0 saturated carbocycles. The lowest BCUT2D eigenvalue weighted by Crippen LogP contribution is -2.17. The summed E-state index contributed by atoms with van der Waals surface area (Å²) >= 11 is 0. The van der Waals surface area contributed by atoms with Crippen molar-refractivity contribution in [3.8, 4) is 11.4 Å². The van der Waals surface area contributed by atoms with Gasteiger partial charge in [-0.2, -0.15) is 13.2 Å². The largest absolute Gasteiger partial charge is 0.573 e. The third-order valence-corrected chi connectivity index (χ3v) is 4.76. The lowest BCUT2D eigenvalue weighted by molar-refractivity contribution is -0.274. The highest BCUT2D eigenvalue weighted by Gasteiger charge is 2.31. The van der Waals surface area contributed by atoms with Crippen LogP contribution in [0.5, 0.6) is 5.75 Å². The highest BCUT2D eigenvalue weighted by Crippen LogP contribution is 2.32. The zero-order chi connectivity index (χ0) is 25.2. The third-order valence-electron chi connectivity index (χ3n) is 4.76. The topological polar surface area (TPSA) is 76.9 Å². The van der Waals surface area contributed by atoms with E-state index in [9.17, 15) is 26.3 Å². The van der Waals surface area contributed by atoms with Gasteiger partial charge in [-0.3, -0.25) is 4.57 Å². The Hall–Kier alpha value is -4.29. The summed E-state index contributed by atoms with van der Waals surface area (Å²) < 4.78 is 81.6. The van der Waals surface area contributed by atoms with Gasteiger partial charge in [0.1, 0.15) is 23.7 Å².